The monoisotopic (exact) mass is 1040 g/mol. The molecule has 0 amide bonds. The van der Waals surface area contributed by atoms with Crippen molar-refractivity contribution in [2.45, 2.75) is 79.6 Å². The Morgan fingerprint density at radius 3 is 2.06 bits per heavy atom. The van der Waals surface area contributed by atoms with Gasteiger partial charge in [-0.1, -0.05) is 81.4 Å². The molecule has 0 saturated heterocycles. The van der Waals surface area contributed by atoms with Crippen LogP contribution >= 0.6 is 0 Å². The van der Waals surface area contributed by atoms with Gasteiger partial charge < -0.3 is 0 Å². The summed E-state index contributed by atoms with van der Waals surface area (Å²) >= 11 is 2.49. The molecule has 0 saturated carbocycles. The van der Waals surface area contributed by atoms with Crippen LogP contribution in [0.5, 0.6) is 11.6 Å². The molecule has 7 heterocycles. The Morgan fingerprint density at radius 1 is 0.606 bits per heavy atom. The fraction of sp³-hybridized carbons (Fsp3) is 0.203. The molecule has 0 spiro atoms. The van der Waals surface area contributed by atoms with Gasteiger partial charge in [-0.05, 0) is 47.1 Å². The van der Waals surface area contributed by atoms with Crippen LogP contribution in [0, 0.1) is 31.5 Å². The van der Waals surface area contributed by atoms with Gasteiger partial charge in [0.15, 0.2) is 0 Å². The average molecular weight is 1040 g/mol. The van der Waals surface area contributed by atoms with Crippen molar-refractivity contribution in [2.24, 2.45) is 0 Å². The van der Waals surface area contributed by atoms with Crippen LogP contribution in [0.4, 0.5) is 0 Å². The number of aryl methyl sites for hydroxylation is 6. The molecule has 0 atom stereocenters. The zero-order chi connectivity index (χ0) is 45.4. The van der Waals surface area contributed by atoms with Crippen molar-refractivity contribution in [1.29, 1.82) is 0 Å². The van der Waals surface area contributed by atoms with Gasteiger partial charge in [0.05, 0.1) is 0 Å². The second-order valence-corrected chi connectivity index (χ2v) is 20.1. The van der Waals surface area contributed by atoms with Crippen LogP contribution in [0.1, 0.15) is 71.1 Å². The number of ether oxygens (including phenoxy) is 1. The number of hydrogen-bond acceptors (Lipinski definition) is 3. The first-order valence-electron chi connectivity index (χ1n) is 23.1. The van der Waals surface area contributed by atoms with E-state index < -0.39 is 0 Å². The van der Waals surface area contributed by atoms with Crippen molar-refractivity contribution in [3.8, 4) is 45.4 Å². The Kier molecular flexibility index (Phi) is 10.4. The van der Waals surface area contributed by atoms with Crippen molar-refractivity contribution in [2.75, 3.05) is 0 Å². The second kappa shape index (κ2) is 16.4. The number of aromatic nitrogens is 5. The van der Waals surface area contributed by atoms with E-state index >= 15 is 0 Å². The molecule has 0 fully saturated rings. The van der Waals surface area contributed by atoms with E-state index in [2.05, 4.69) is 221 Å². The van der Waals surface area contributed by atoms with Crippen LogP contribution < -0.4 is 4.74 Å². The van der Waals surface area contributed by atoms with Crippen LogP contribution in [0.15, 0.2) is 146 Å². The Labute approximate surface area is 397 Å². The molecule has 7 heteroatoms. The first-order chi connectivity index (χ1) is 31.9. The fourth-order valence-corrected chi connectivity index (χ4v) is 11.2. The zero-order valence-corrected chi connectivity index (χ0v) is 40.9. The summed E-state index contributed by atoms with van der Waals surface area (Å²) in [7, 11) is 0. The van der Waals surface area contributed by atoms with Gasteiger partial charge in [0.25, 0.3) is 0 Å². The summed E-state index contributed by atoms with van der Waals surface area (Å²) < 4.78 is 14.9. The standard InChI is InChI=1S/C59H53N5O.Pt/c1-37-31-56(61-40(4)58(37)45-17-22-47(23-18-45)59(5,6)7)64-53-28-21-46(43-11-9-8-10-12-43)32-52(53)51-27-26-50(34-54(51)64)65-57-33-49(29-30-60-57)62-35-55-44-16-15-41-13-14-42(39(3)38(41)2)19-24-48(25-20-44)63(55)36-62;/h8-14,17-18,20-23,25-35H,15-16,19,24H2,1-7H3;. The molecule has 66 heavy (non-hydrogen) atoms. The second-order valence-electron chi connectivity index (χ2n) is 19.1. The minimum atomic E-state index is 0.0881. The zero-order valence-electron chi connectivity index (χ0n) is 38.6. The fourth-order valence-electron chi connectivity index (χ4n) is 10.2. The van der Waals surface area contributed by atoms with Gasteiger partial charge in [0.2, 0.25) is 0 Å². The van der Waals surface area contributed by atoms with Crippen LogP contribution in [-0.4, -0.2) is 23.5 Å². The number of rotatable bonds is 6. The van der Waals surface area contributed by atoms with Crippen molar-refractivity contribution >= 4 is 27.3 Å². The van der Waals surface area contributed by atoms with E-state index in [4.69, 9.17) is 14.7 Å². The summed E-state index contributed by atoms with van der Waals surface area (Å²) in [4.78, 5) is 10.1. The van der Waals surface area contributed by atoms with Crippen LogP contribution in [0.25, 0.3) is 61.1 Å². The molecular formula is C59H53N5OPt. The molecule has 5 aromatic heterocycles. The third kappa shape index (κ3) is 7.36. The van der Waals surface area contributed by atoms with Gasteiger partial charge in [0.1, 0.15) is 0 Å². The first kappa shape index (κ1) is 42.0. The molecule has 2 aliphatic heterocycles. The number of nitrogens with zero attached hydrogens (tertiary/aromatic N) is 5. The molecule has 2 aliphatic carbocycles. The summed E-state index contributed by atoms with van der Waals surface area (Å²) in [6.07, 6.45) is 8.11. The Bertz CT molecular complexity index is 3580. The molecule has 4 bridgehead atoms. The molecular weight excluding hydrogens is 990 g/mol. The Hall–Kier alpha value is -6.62. The van der Waals surface area contributed by atoms with Gasteiger partial charge in [-0.3, -0.25) is 0 Å². The molecule has 330 valence electrons. The molecule has 4 aliphatic rings. The number of pyridine rings is 3. The smallest absolute Gasteiger partial charge is 0.0579 e. The molecule has 0 unspecified atom stereocenters. The number of hydrogen-bond donors (Lipinski definition) is 0. The summed E-state index contributed by atoms with van der Waals surface area (Å²) in [5.74, 6) is 2.11. The normalized spacial score (nSPS) is 12.9. The van der Waals surface area contributed by atoms with Crippen molar-refractivity contribution in [1.82, 2.24) is 23.5 Å². The van der Waals surface area contributed by atoms with E-state index in [0.29, 0.717) is 11.6 Å². The van der Waals surface area contributed by atoms with E-state index in [0.717, 1.165) is 68.5 Å². The number of fused-ring (bicyclic) bond motifs is 3. The SMILES string of the molecule is Cc1cc(-n2c3ccc(-c4ccccc4)cc3c3ccc(Oc4cc(-n5cc6c7ccc(n6[c]5=[Pt])CCc5ccc(c(C)c5C)CC7)ccn4)cc32)nc(C)c1-c1ccc(C(C)(C)C)cc1. The molecule has 10 aromatic rings. The molecule has 0 N–H and O–H groups in total. The maximum absolute atomic E-state index is 6.73. The van der Waals surface area contributed by atoms with Gasteiger partial charge in [-0.25, -0.2) is 0 Å². The van der Waals surface area contributed by atoms with Crippen molar-refractivity contribution in [3.05, 3.63) is 200 Å². The van der Waals surface area contributed by atoms with E-state index in [1.54, 1.807) is 0 Å². The van der Waals surface area contributed by atoms with Gasteiger partial charge in [-0.15, -0.1) is 0 Å². The summed E-state index contributed by atoms with van der Waals surface area (Å²) in [5, 5.41) is 2.29. The van der Waals surface area contributed by atoms with Crippen molar-refractivity contribution < 1.29 is 24.1 Å². The van der Waals surface area contributed by atoms with E-state index in [-0.39, 0.29) is 5.41 Å². The predicted molar refractivity (Wildman–Crippen MR) is 266 cm³/mol. The van der Waals surface area contributed by atoms with Crippen molar-refractivity contribution in [3.63, 3.8) is 0 Å². The minimum Gasteiger partial charge on any atom is -0.0579 e. The quantitative estimate of drug-likeness (QED) is 0.167. The van der Waals surface area contributed by atoms with E-state index in [1.165, 1.54) is 72.4 Å². The average Bonchev–Trinajstić information content (AvgIpc) is 3.83. The number of imidazole rings is 1. The van der Waals surface area contributed by atoms with Gasteiger partial charge >= 0.3 is 260 Å². The topological polar surface area (TPSA) is 49.3 Å². The van der Waals surface area contributed by atoms with E-state index in [1.807, 2.05) is 6.20 Å². The Morgan fingerprint density at radius 2 is 1.32 bits per heavy atom. The molecule has 5 aromatic carbocycles. The summed E-state index contributed by atoms with van der Waals surface area (Å²) in [5.41, 5.74) is 21.1. The summed E-state index contributed by atoms with van der Waals surface area (Å²) in [6, 6.07) is 48.5. The van der Waals surface area contributed by atoms with Crippen LogP contribution in [0.2, 0.25) is 0 Å². The molecule has 14 rings (SSSR count). The van der Waals surface area contributed by atoms with Crippen LogP contribution in [0.3, 0.4) is 0 Å². The van der Waals surface area contributed by atoms with E-state index in [9.17, 15) is 0 Å². The maximum atomic E-state index is 6.73. The molecule has 0 radical (unpaired) electrons. The third-order valence-corrected chi connectivity index (χ3v) is 15.0. The molecule has 6 nitrogen and oxygen atoms in total. The Balaban J connectivity index is 0.986. The van der Waals surface area contributed by atoms with Gasteiger partial charge in [-0.2, -0.15) is 0 Å². The summed E-state index contributed by atoms with van der Waals surface area (Å²) in [6.45, 7) is 15.7. The number of benzene rings is 5. The third-order valence-electron chi connectivity index (χ3n) is 14.0. The van der Waals surface area contributed by atoms with Gasteiger partial charge in [0, 0.05) is 11.3 Å². The van der Waals surface area contributed by atoms with Crippen LogP contribution in [-0.2, 0) is 50.5 Å². The predicted octanol–water partition coefficient (Wildman–Crippen LogP) is 14.2. The minimum absolute atomic E-state index is 0.0881. The first-order valence-corrected chi connectivity index (χ1v) is 24.2.